The van der Waals surface area contributed by atoms with Gasteiger partial charge in [-0.25, -0.2) is 14.4 Å². The first-order chi connectivity index (χ1) is 8.79. The Hall–Kier alpha value is -2.05. The van der Waals surface area contributed by atoms with Crippen LogP contribution in [0.4, 0.5) is 4.79 Å². The molecule has 7 heteroatoms. The predicted molar refractivity (Wildman–Crippen MR) is 68.4 cm³/mol. The fourth-order valence-corrected chi connectivity index (χ4v) is 1.07. The van der Waals surface area contributed by atoms with Crippen molar-refractivity contribution >= 4 is 18.0 Å². The number of methoxy groups -OCH3 is 1. The minimum Gasteiger partial charge on any atom is -0.466 e. The molecular weight excluding hydrogens is 252 g/mol. The molecule has 0 radical (unpaired) electrons. The molecule has 0 saturated carbocycles. The molecule has 19 heavy (non-hydrogen) atoms. The van der Waals surface area contributed by atoms with Crippen LogP contribution in [0.15, 0.2) is 12.2 Å². The third-order valence-electron chi connectivity index (χ3n) is 2.37. The highest BCUT2D eigenvalue weighted by Gasteiger charge is 2.18. The second kappa shape index (κ2) is 8.12. The summed E-state index contributed by atoms with van der Waals surface area (Å²) in [6.45, 7) is 1.79. The number of ether oxygens (including phenoxy) is 2. The van der Waals surface area contributed by atoms with Gasteiger partial charge in [-0.1, -0.05) is 0 Å². The van der Waals surface area contributed by atoms with Crippen LogP contribution in [0.1, 0.15) is 6.92 Å². The van der Waals surface area contributed by atoms with Gasteiger partial charge in [-0.2, -0.15) is 0 Å². The van der Waals surface area contributed by atoms with Gasteiger partial charge in [0.15, 0.2) is 0 Å². The highest BCUT2D eigenvalue weighted by atomic mass is 16.5. The van der Waals surface area contributed by atoms with Gasteiger partial charge in [0, 0.05) is 33.3 Å². The molecule has 0 spiro atoms. The van der Waals surface area contributed by atoms with Crippen LogP contribution in [-0.4, -0.2) is 68.7 Å². The Morgan fingerprint density at radius 2 is 1.63 bits per heavy atom. The van der Waals surface area contributed by atoms with Crippen molar-refractivity contribution in [1.82, 2.24) is 9.80 Å². The van der Waals surface area contributed by atoms with Gasteiger partial charge in [-0.15, -0.1) is 0 Å². The number of carbonyl (C=O) groups excluding carboxylic acids is 3. The van der Waals surface area contributed by atoms with Crippen molar-refractivity contribution in [3.05, 3.63) is 12.2 Å². The van der Waals surface area contributed by atoms with Crippen molar-refractivity contribution in [1.29, 1.82) is 0 Å². The number of urea groups is 1. The van der Waals surface area contributed by atoms with E-state index in [0.717, 1.165) is 12.2 Å². The van der Waals surface area contributed by atoms with E-state index >= 15 is 0 Å². The van der Waals surface area contributed by atoms with E-state index in [9.17, 15) is 14.4 Å². The zero-order chi connectivity index (χ0) is 15.0. The molecule has 0 fully saturated rings. The summed E-state index contributed by atoms with van der Waals surface area (Å²) in [5.74, 6) is -1.30. The lowest BCUT2D eigenvalue weighted by molar-refractivity contribution is -0.140. The van der Waals surface area contributed by atoms with E-state index in [2.05, 4.69) is 4.74 Å². The Bertz CT molecular complexity index is 365. The van der Waals surface area contributed by atoms with Gasteiger partial charge in [-0.05, 0) is 6.92 Å². The molecular formula is C12H20N2O5. The Balaban J connectivity index is 4.19. The molecule has 0 unspecified atom stereocenters. The molecule has 2 amide bonds. The van der Waals surface area contributed by atoms with E-state index in [1.165, 1.54) is 16.9 Å². The normalized spacial score (nSPS) is 11.8. The van der Waals surface area contributed by atoms with E-state index in [0.29, 0.717) is 0 Å². The second-order valence-electron chi connectivity index (χ2n) is 4.12. The first kappa shape index (κ1) is 16.9. The number of likely N-dealkylation sites (N-methyl/N-ethyl adjacent to an activating group) is 1. The topological polar surface area (TPSA) is 76.2 Å². The van der Waals surface area contributed by atoms with E-state index in [4.69, 9.17) is 4.74 Å². The quantitative estimate of drug-likeness (QED) is 0.530. The maximum atomic E-state index is 11.6. The van der Waals surface area contributed by atoms with Crippen LogP contribution in [-0.2, 0) is 19.1 Å². The summed E-state index contributed by atoms with van der Waals surface area (Å²) >= 11 is 0. The van der Waals surface area contributed by atoms with Crippen LogP contribution in [0.25, 0.3) is 0 Å². The smallest absolute Gasteiger partial charge is 0.331 e. The molecule has 108 valence electrons. The molecule has 0 aromatic rings. The minimum atomic E-state index is -0.664. The van der Waals surface area contributed by atoms with E-state index in [1.807, 2.05) is 0 Å². The molecule has 0 aromatic heterocycles. The lowest BCUT2D eigenvalue weighted by Crippen LogP contribution is -2.43. The van der Waals surface area contributed by atoms with Crippen LogP contribution in [0.3, 0.4) is 0 Å². The molecule has 0 saturated heterocycles. The van der Waals surface area contributed by atoms with E-state index < -0.39 is 11.9 Å². The number of carbonyl (C=O) groups is 3. The fraction of sp³-hybridized carbons (Fsp3) is 0.583. The number of rotatable bonds is 5. The Morgan fingerprint density at radius 1 is 1.11 bits per heavy atom. The van der Waals surface area contributed by atoms with Crippen molar-refractivity contribution in [2.45, 2.75) is 13.0 Å². The summed E-state index contributed by atoms with van der Waals surface area (Å²) in [4.78, 5) is 36.5. The Labute approximate surface area is 112 Å². The molecule has 0 aliphatic heterocycles. The molecule has 0 aromatic carbocycles. The van der Waals surface area contributed by atoms with Crippen LogP contribution in [0.5, 0.6) is 0 Å². The Kier molecular flexibility index (Phi) is 7.25. The molecule has 0 aliphatic rings. The largest absolute Gasteiger partial charge is 0.466 e. The van der Waals surface area contributed by atoms with Gasteiger partial charge in [0.2, 0.25) is 0 Å². The monoisotopic (exact) mass is 272 g/mol. The summed E-state index contributed by atoms with van der Waals surface area (Å²) < 4.78 is 9.23. The van der Waals surface area contributed by atoms with Crippen molar-refractivity contribution in [2.75, 3.05) is 34.9 Å². The minimum absolute atomic E-state index is 0.0421. The lowest BCUT2D eigenvalue weighted by Gasteiger charge is -2.27. The maximum Gasteiger partial charge on any atom is 0.331 e. The van der Waals surface area contributed by atoms with E-state index in [1.54, 1.807) is 28.1 Å². The van der Waals surface area contributed by atoms with Crippen molar-refractivity contribution in [3.63, 3.8) is 0 Å². The average Bonchev–Trinajstić information content (AvgIpc) is 2.39. The first-order valence-electron chi connectivity index (χ1n) is 5.66. The average molecular weight is 272 g/mol. The molecule has 0 rings (SSSR count). The lowest BCUT2D eigenvalue weighted by atomic mass is 10.3. The Morgan fingerprint density at radius 3 is 2.11 bits per heavy atom. The summed E-state index contributed by atoms with van der Waals surface area (Å²) in [5.41, 5.74) is 0. The number of amides is 2. The molecule has 0 heterocycles. The summed E-state index contributed by atoms with van der Waals surface area (Å²) in [6.07, 6.45) is 1.95. The summed E-state index contributed by atoms with van der Waals surface area (Å²) in [5, 5.41) is 0. The van der Waals surface area contributed by atoms with Gasteiger partial charge in [0.1, 0.15) is 6.61 Å². The first-order valence-corrected chi connectivity index (χ1v) is 5.66. The summed E-state index contributed by atoms with van der Waals surface area (Å²) in [7, 11) is 6.10. The third-order valence-corrected chi connectivity index (χ3v) is 2.37. The van der Waals surface area contributed by atoms with Gasteiger partial charge < -0.3 is 19.3 Å². The van der Waals surface area contributed by atoms with E-state index in [-0.39, 0.29) is 18.7 Å². The number of esters is 2. The van der Waals surface area contributed by atoms with Crippen LogP contribution >= 0.6 is 0 Å². The second-order valence-corrected chi connectivity index (χ2v) is 4.12. The highest BCUT2D eigenvalue weighted by molar-refractivity contribution is 5.91. The molecule has 0 N–H and O–H groups in total. The van der Waals surface area contributed by atoms with Crippen LogP contribution in [0, 0.1) is 0 Å². The number of hydrogen-bond donors (Lipinski definition) is 0. The zero-order valence-corrected chi connectivity index (χ0v) is 11.9. The zero-order valence-electron chi connectivity index (χ0n) is 11.9. The molecule has 0 aliphatic carbocycles. The standard InChI is InChI=1S/C12H20N2O5/c1-9(14(4)12(17)13(2)3)8-19-11(16)7-6-10(15)18-5/h6-7,9H,8H2,1-5H3/b7-6+/t9-/m0/s1. The maximum absolute atomic E-state index is 11.6. The van der Waals surface area contributed by atoms with Gasteiger partial charge in [0.05, 0.1) is 13.2 Å². The van der Waals surface area contributed by atoms with Crippen LogP contribution in [0.2, 0.25) is 0 Å². The van der Waals surface area contributed by atoms with Crippen molar-refractivity contribution < 1.29 is 23.9 Å². The third kappa shape index (κ3) is 6.44. The fourth-order valence-electron chi connectivity index (χ4n) is 1.07. The molecule has 7 nitrogen and oxygen atoms in total. The number of nitrogens with zero attached hydrogens (tertiary/aromatic N) is 2. The van der Waals surface area contributed by atoms with Crippen molar-refractivity contribution in [2.24, 2.45) is 0 Å². The predicted octanol–water partition coefficient (Wildman–Crippen LogP) is 0.261. The van der Waals surface area contributed by atoms with Gasteiger partial charge in [0.25, 0.3) is 0 Å². The molecule has 0 bridgehead atoms. The molecule has 1 atom stereocenters. The summed E-state index contributed by atoms with van der Waals surface area (Å²) in [6, 6.07) is -0.459. The number of hydrogen-bond acceptors (Lipinski definition) is 5. The SMILES string of the molecule is COC(=O)/C=C/C(=O)OC[C@H](C)N(C)C(=O)N(C)C. The van der Waals surface area contributed by atoms with Crippen molar-refractivity contribution in [3.8, 4) is 0 Å². The van der Waals surface area contributed by atoms with Crippen LogP contribution < -0.4 is 0 Å². The highest BCUT2D eigenvalue weighted by Crippen LogP contribution is 2.00. The van der Waals surface area contributed by atoms with Gasteiger partial charge >= 0.3 is 18.0 Å². The van der Waals surface area contributed by atoms with Gasteiger partial charge in [-0.3, -0.25) is 0 Å².